The van der Waals surface area contributed by atoms with Gasteiger partial charge in [0.2, 0.25) is 11.8 Å². The van der Waals surface area contributed by atoms with Gasteiger partial charge in [0.15, 0.2) is 0 Å². The van der Waals surface area contributed by atoms with Gasteiger partial charge in [-0.05, 0) is 87.5 Å². The van der Waals surface area contributed by atoms with Crippen LogP contribution < -0.4 is 10.8 Å². The minimum absolute atomic E-state index is 0.122. The average Bonchev–Trinajstić information content (AvgIpc) is 2.79. The molecule has 0 aromatic heterocycles. The van der Waals surface area contributed by atoms with Crippen LogP contribution in [0.3, 0.4) is 0 Å². The monoisotopic (exact) mass is 423 g/mol. The van der Waals surface area contributed by atoms with Gasteiger partial charge in [-0.15, -0.1) is 0 Å². The van der Waals surface area contributed by atoms with Crippen LogP contribution in [-0.4, -0.2) is 42.1 Å². The summed E-state index contributed by atoms with van der Waals surface area (Å²) in [7, 11) is 2.10. The minimum atomic E-state index is -0.403. The van der Waals surface area contributed by atoms with E-state index in [9.17, 15) is 9.59 Å². The molecule has 0 saturated carbocycles. The topological polar surface area (TPSA) is 81.7 Å². The number of hydrogen-bond donors (Lipinski definition) is 3. The molecule has 0 bridgehead atoms. The molecule has 0 radical (unpaired) electrons. The Hall–Kier alpha value is -2.70. The second-order valence-electron chi connectivity index (χ2n) is 8.50. The third-order valence-corrected chi connectivity index (χ3v) is 6.00. The van der Waals surface area contributed by atoms with Gasteiger partial charge in [0.05, 0.1) is 6.42 Å². The van der Waals surface area contributed by atoms with Crippen LogP contribution in [0.4, 0.5) is 5.69 Å². The molecule has 3 rings (SSSR count). The number of nitrogens with one attached hydrogen (secondary N) is 2. The van der Waals surface area contributed by atoms with E-state index in [-0.39, 0.29) is 18.2 Å². The van der Waals surface area contributed by atoms with Gasteiger partial charge in [-0.1, -0.05) is 36.4 Å². The number of unbranched alkanes of at least 4 members (excludes halogenated alkanes) is 1. The lowest BCUT2D eigenvalue weighted by molar-refractivity contribution is -0.128. The van der Waals surface area contributed by atoms with Crippen molar-refractivity contribution >= 4 is 17.5 Å². The quantitative estimate of drug-likeness (QED) is 0.327. The Balaban J connectivity index is 1.36. The second kappa shape index (κ2) is 11.6. The zero-order valence-electron chi connectivity index (χ0n) is 18.3. The molecule has 0 unspecified atom stereocenters. The van der Waals surface area contributed by atoms with Crippen LogP contribution in [0.5, 0.6) is 0 Å². The van der Waals surface area contributed by atoms with E-state index in [1.54, 1.807) is 5.48 Å². The van der Waals surface area contributed by atoms with Crippen molar-refractivity contribution in [2.24, 2.45) is 5.92 Å². The first kappa shape index (κ1) is 23.0. The first-order valence-electron chi connectivity index (χ1n) is 11.1. The van der Waals surface area contributed by atoms with Crippen molar-refractivity contribution in [3.8, 4) is 0 Å². The third kappa shape index (κ3) is 7.49. The van der Waals surface area contributed by atoms with E-state index in [2.05, 4.69) is 29.4 Å². The number of nitrogens with zero attached hydrogens (tertiary/aromatic N) is 1. The number of piperidine rings is 1. The molecule has 2 amide bonds. The predicted octanol–water partition coefficient (Wildman–Crippen LogP) is 3.58. The average molecular weight is 424 g/mol. The number of benzene rings is 2. The van der Waals surface area contributed by atoms with Crippen molar-refractivity contribution in [1.82, 2.24) is 10.4 Å². The Morgan fingerprint density at radius 1 is 0.903 bits per heavy atom. The summed E-state index contributed by atoms with van der Waals surface area (Å²) in [5, 5.41) is 11.7. The summed E-state index contributed by atoms with van der Waals surface area (Å²) in [6, 6.07) is 16.2. The number of anilines is 1. The molecule has 1 fully saturated rings. The molecule has 2 aromatic carbocycles. The molecule has 166 valence electrons. The lowest BCUT2D eigenvalue weighted by Gasteiger charge is -2.28. The summed E-state index contributed by atoms with van der Waals surface area (Å²) in [4.78, 5) is 25.9. The second-order valence-corrected chi connectivity index (χ2v) is 8.50. The number of aryl methyl sites for hydroxylation is 2. The van der Waals surface area contributed by atoms with Crippen molar-refractivity contribution < 1.29 is 14.8 Å². The molecule has 31 heavy (non-hydrogen) atoms. The smallest absolute Gasteiger partial charge is 0.247 e. The molecule has 6 heteroatoms. The summed E-state index contributed by atoms with van der Waals surface area (Å²) in [6.45, 7) is 1.98. The third-order valence-electron chi connectivity index (χ3n) is 6.00. The highest BCUT2D eigenvalue weighted by molar-refractivity contribution is 5.92. The van der Waals surface area contributed by atoms with E-state index in [1.165, 1.54) is 11.1 Å². The summed E-state index contributed by atoms with van der Waals surface area (Å²) in [5.41, 5.74) is 5.95. The number of carbonyl (C=O) groups is 2. The molecule has 1 saturated heterocycles. The van der Waals surface area contributed by atoms with E-state index in [0.717, 1.165) is 62.9 Å². The van der Waals surface area contributed by atoms with Crippen molar-refractivity contribution in [3.63, 3.8) is 0 Å². The molecule has 0 atom stereocenters. The summed E-state index contributed by atoms with van der Waals surface area (Å²) >= 11 is 0. The SMILES string of the molecule is CN1CCC(C(=O)Nc2ccc(CCCCc3ccc(CC(=O)NO)cc3)cc2)CC1. The first-order chi connectivity index (χ1) is 15.0. The van der Waals surface area contributed by atoms with Crippen LogP contribution in [0.1, 0.15) is 42.4 Å². The van der Waals surface area contributed by atoms with E-state index in [4.69, 9.17) is 5.21 Å². The van der Waals surface area contributed by atoms with Crippen molar-refractivity contribution in [1.29, 1.82) is 0 Å². The van der Waals surface area contributed by atoms with E-state index >= 15 is 0 Å². The van der Waals surface area contributed by atoms with Gasteiger partial charge in [-0.3, -0.25) is 14.8 Å². The molecule has 0 spiro atoms. The number of likely N-dealkylation sites (tertiary alicyclic amines) is 1. The molecule has 2 aromatic rings. The number of carbonyl (C=O) groups excluding carboxylic acids is 2. The maximum Gasteiger partial charge on any atom is 0.247 e. The van der Waals surface area contributed by atoms with Crippen molar-refractivity contribution in [3.05, 3.63) is 65.2 Å². The summed E-state index contributed by atoms with van der Waals surface area (Å²) in [6.07, 6.45) is 6.24. The molecule has 3 N–H and O–H groups in total. The fourth-order valence-electron chi connectivity index (χ4n) is 3.98. The van der Waals surface area contributed by atoms with Crippen LogP contribution in [0, 0.1) is 5.92 Å². The van der Waals surface area contributed by atoms with Gasteiger partial charge in [-0.25, -0.2) is 5.48 Å². The van der Waals surface area contributed by atoms with Gasteiger partial charge < -0.3 is 10.2 Å². The zero-order valence-corrected chi connectivity index (χ0v) is 18.3. The van der Waals surface area contributed by atoms with Gasteiger partial charge in [0.25, 0.3) is 0 Å². The van der Waals surface area contributed by atoms with E-state index in [1.807, 2.05) is 36.4 Å². The molecule has 1 aliphatic rings. The Labute approximate surface area is 184 Å². The fourth-order valence-corrected chi connectivity index (χ4v) is 3.98. The van der Waals surface area contributed by atoms with Gasteiger partial charge in [0.1, 0.15) is 0 Å². The zero-order chi connectivity index (χ0) is 22.1. The van der Waals surface area contributed by atoms with Crippen LogP contribution in [0.25, 0.3) is 0 Å². The lowest BCUT2D eigenvalue weighted by atomic mass is 9.96. The lowest BCUT2D eigenvalue weighted by Crippen LogP contribution is -2.35. The standard InChI is InChI=1S/C25H33N3O3/c1-28-16-14-22(15-17-28)25(30)26-23-12-10-20(11-13-23)5-3-2-4-19-6-8-21(9-7-19)18-24(29)27-31/h6-13,22,31H,2-5,14-18H2,1H3,(H,26,30)(H,27,29). The maximum atomic E-state index is 12.4. The number of hydrogen-bond acceptors (Lipinski definition) is 4. The van der Waals surface area contributed by atoms with Crippen LogP contribution in [0.2, 0.25) is 0 Å². The van der Waals surface area contributed by atoms with E-state index in [0.29, 0.717) is 0 Å². The highest BCUT2D eigenvalue weighted by Crippen LogP contribution is 2.19. The number of rotatable bonds is 9. The van der Waals surface area contributed by atoms with Gasteiger partial charge in [0, 0.05) is 11.6 Å². The predicted molar refractivity (Wildman–Crippen MR) is 122 cm³/mol. The molecular weight excluding hydrogens is 390 g/mol. The van der Waals surface area contributed by atoms with Crippen molar-refractivity contribution in [2.45, 2.75) is 44.9 Å². The summed E-state index contributed by atoms with van der Waals surface area (Å²) in [5.74, 6) is -0.138. The van der Waals surface area contributed by atoms with Gasteiger partial charge in [-0.2, -0.15) is 0 Å². The maximum absolute atomic E-state index is 12.4. The molecule has 1 aliphatic heterocycles. The van der Waals surface area contributed by atoms with Crippen molar-refractivity contribution in [2.75, 3.05) is 25.5 Å². The summed E-state index contributed by atoms with van der Waals surface area (Å²) < 4.78 is 0. The van der Waals surface area contributed by atoms with Crippen LogP contribution in [-0.2, 0) is 28.9 Å². The molecular formula is C25H33N3O3. The molecule has 1 heterocycles. The minimum Gasteiger partial charge on any atom is -0.326 e. The number of hydroxylamine groups is 1. The van der Waals surface area contributed by atoms with Gasteiger partial charge >= 0.3 is 0 Å². The number of amides is 2. The highest BCUT2D eigenvalue weighted by Gasteiger charge is 2.23. The Morgan fingerprint density at radius 2 is 1.42 bits per heavy atom. The fraction of sp³-hybridized carbons (Fsp3) is 0.440. The van der Waals surface area contributed by atoms with Crippen LogP contribution in [0.15, 0.2) is 48.5 Å². The Morgan fingerprint density at radius 3 is 1.97 bits per heavy atom. The first-order valence-corrected chi connectivity index (χ1v) is 11.1. The molecule has 0 aliphatic carbocycles. The van der Waals surface area contributed by atoms with E-state index < -0.39 is 5.91 Å². The Bertz CT molecular complexity index is 841. The van der Waals surface area contributed by atoms with Crippen LogP contribution >= 0.6 is 0 Å². The Kier molecular flexibility index (Phi) is 8.62. The highest BCUT2D eigenvalue weighted by atomic mass is 16.5. The largest absolute Gasteiger partial charge is 0.326 e. The normalized spacial score (nSPS) is 14.9. The molecule has 6 nitrogen and oxygen atoms in total.